The quantitative estimate of drug-likeness (QED) is 0.898. The summed E-state index contributed by atoms with van der Waals surface area (Å²) in [5.41, 5.74) is 1.17. The minimum Gasteiger partial charge on any atom is -0.333 e. The Morgan fingerprint density at radius 3 is 2.23 bits per heavy atom. The van der Waals surface area contributed by atoms with Gasteiger partial charge in [-0.05, 0) is 80.9 Å². The molecule has 2 N–H and O–H groups in total. The number of rotatable bonds is 3. The monoisotopic (exact) mass is 299 g/mol. The van der Waals surface area contributed by atoms with Gasteiger partial charge in [0.1, 0.15) is 0 Å². The second-order valence-electron chi connectivity index (χ2n) is 7.80. The Kier molecular flexibility index (Phi) is 3.35. The standard InChI is InChI=1S/C18H25N3O/c1-12(16-2-4-19-5-3-16)20-17(22)21-18-9-13-6-14(10-18)8-15(7-13)11-18/h2-5,12-15H,6-11H2,1H3,(H2,20,21,22)/t12-,13?,14?,15?,18?/m1/s1. The summed E-state index contributed by atoms with van der Waals surface area (Å²) in [6.45, 7) is 2.02. The molecule has 22 heavy (non-hydrogen) atoms. The van der Waals surface area contributed by atoms with E-state index in [2.05, 4.69) is 15.6 Å². The Morgan fingerprint density at radius 1 is 1.14 bits per heavy atom. The maximum absolute atomic E-state index is 12.5. The average molecular weight is 299 g/mol. The zero-order valence-electron chi connectivity index (χ0n) is 13.2. The zero-order valence-corrected chi connectivity index (χ0v) is 13.2. The molecular formula is C18H25N3O. The fraction of sp³-hybridized carbons (Fsp3) is 0.667. The number of urea groups is 1. The summed E-state index contributed by atoms with van der Waals surface area (Å²) in [6, 6.07) is 3.91. The van der Waals surface area contributed by atoms with Crippen molar-refractivity contribution in [3.63, 3.8) is 0 Å². The van der Waals surface area contributed by atoms with Gasteiger partial charge < -0.3 is 10.6 Å². The second kappa shape index (κ2) is 5.25. The number of hydrogen-bond donors (Lipinski definition) is 2. The highest BCUT2D eigenvalue weighted by atomic mass is 16.2. The van der Waals surface area contributed by atoms with Gasteiger partial charge in [0.25, 0.3) is 0 Å². The van der Waals surface area contributed by atoms with Gasteiger partial charge in [0.2, 0.25) is 0 Å². The van der Waals surface area contributed by atoms with Gasteiger partial charge in [0.05, 0.1) is 6.04 Å². The summed E-state index contributed by atoms with van der Waals surface area (Å²) < 4.78 is 0. The van der Waals surface area contributed by atoms with Crippen molar-refractivity contribution < 1.29 is 4.79 Å². The second-order valence-corrected chi connectivity index (χ2v) is 7.80. The molecule has 1 aromatic heterocycles. The lowest BCUT2D eigenvalue weighted by molar-refractivity contribution is -0.0136. The van der Waals surface area contributed by atoms with E-state index in [-0.39, 0.29) is 17.6 Å². The van der Waals surface area contributed by atoms with E-state index in [9.17, 15) is 4.79 Å². The van der Waals surface area contributed by atoms with Crippen molar-refractivity contribution in [3.8, 4) is 0 Å². The molecule has 0 saturated heterocycles. The van der Waals surface area contributed by atoms with Crippen LogP contribution in [0.25, 0.3) is 0 Å². The molecule has 4 fully saturated rings. The summed E-state index contributed by atoms with van der Waals surface area (Å²) in [7, 11) is 0. The molecule has 0 spiro atoms. The lowest BCUT2D eigenvalue weighted by Crippen LogP contribution is -2.61. The van der Waals surface area contributed by atoms with E-state index >= 15 is 0 Å². The Labute approximate surface area is 132 Å². The van der Waals surface area contributed by atoms with E-state index in [1.165, 1.54) is 38.5 Å². The number of nitrogens with zero attached hydrogens (tertiary/aromatic N) is 1. The number of nitrogens with one attached hydrogen (secondary N) is 2. The normalized spacial score (nSPS) is 36.9. The summed E-state index contributed by atoms with van der Waals surface area (Å²) in [5, 5.41) is 6.45. The van der Waals surface area contributed by atoms with Gasteiger partial charge in [0, 0.05) is 17.9 Å². The van der Waals surface area contributed by atoms with Crippen LogP contribution in [0.15, 0.2) is 24.5 Å². The molecule has 4 bridgehead atoms. The summed E-state index contributed by atoms with van der Waals surface area (Å²) in [4.78, 5) is 16.5. The molecule has 4 aliphatic rings. The molecular weight excluding hydrogens is 274 g/mol. The Morgan fingerprint density at radius 2 is 1.68 bits per heavy atom. The minimum absolute atomic E-state index is 0.00809. The van der Waals surface area contributed by atoms with Crippen LogP contribution in [0.1, 0.15) is 57.1 Å². The van der Waals surface area contributed by atoms with Gasteiger partial charge in [-0.1, -0.05) is 0 Å². The highest BCUT2D eigenvalue weighted by Crippen LogP contribution is 2.55. The van der Waals surface area contributed by atoms with Gasteiger partial charge in [-0.25, -0.2) is 4.79 Å². The first kappa shape index (κ1) is 14.0. The minimum atomic E-state index is -0.00809. The maximum Gasteiger partial charge on any atom is 0.315 e. The smallest absolute Gasteiger partial charge is 0.315 e. The molecule has 0 radical (unpaired) electrons. The van der Waals surface area contributed by atoms with Crippen LogP contribution in [0.4, 0.5) is 4.79 Å². The topological polar surface area (TPSA) is 54.0 Å². The maximum atomic E-state index is 12.5. The number of aromatic nitrogens is 1. The van der Waals surface area contributed by atoms with Crippen molar-refractivity contribution in [2.45, 2.75) is 57.0 Å². The molecule has 1 aromatic rings. The highest BCUT2D eigenvalue weighted by Gasteiger charge is 2.51. The van der Waals surface area contributed by atoms with Gasteiger partial charge >= 0.3 is 6.03 Å². The third-order valence-electron chi connectivity index (χ3n) is 5.97. The predicted octanol–water partition coefficient (Wildman–Crippen LogP) is 3.41. The zero-order chi connectivity index (χ0) is 15.2. The van der Waals surface area contributed by atoms with E-state index in [4.69, 9.17) is 0 Å². The third-order valence-corrected chi connectivity index (χ3v) is 5.97. The molecule has 1 heterocycles. The molecule has 0 unspecified atom stereocenters. The predicted molar refractivity (Wildman–Crippen MR) is 85.2 cm³/mol. The Bertz CT molecular complexity index is 521. The van der Waals surface area contributed by atoms with Crippen LogP contribution in [0.3, 0.4) is 0 Å². The van der Waals surface area contributed by atoms with E-state index in [0.717, 1.165) is 23.3 Å². The van der Waals surface area contributed by atoms with Crippen molar-refractivity contribution in [3.05, 3.63) is 30.1 Å². The summed E-state index contributed by atoms with van der Waals surface area (Å²) in [5.74, 6) is 2.55. The van der Waals surface area contributed by atoms with Crippen LogP contribution < -0.4 is 10.6 Å². The van der Waals surface area contributed by atoms with Crippen LogP contribution in [0, 0.1) is 17.8 Å². The molecule has 0 aromatic carbocycles. The molecule has 1 atom stereocenters. The van der Waals surface area contributed by atoms with Crippen LogP contribution in [0.5, 0.6) is 0 Å². The van der Waals surface area contributed by atoms with Gasteiger partial charge in [-0.15, -0.1) is 0 Å². The lowest BCUT2D eigenvalue weighted by atomic mass is 9.53. The first-order valence-electron chi connectivity index (χ1n) is 8.60. The highest BCUT2D eigenvalue weighted by molar-refractivity contribution is 5.75. The van der Waals surface area contributed by atoms with Crippen LogP contribution in [-0.4, -0.2) is 16.6 Å². The van der Waals surface area contributed by atoms with Crippen molar-refractivity contribution >= 4 is 6.03 Å². The van der Waals surface area contributed by atoms with Crippen molar-refractivity contribution in [2.24, 2.45) is 17.8 Å². The van der Waals surface area contributed by atoms with E-state index in [1.54, 1.807) is 12.4 Å². The third kappa shape index (κ3) is 2.59. The van der Waals surface area contributed by atoms with Gasteiger partial charge in [-0.2, -0.15) is 0 Å². The van der Waals surface area contributed by atoms with E-state index in [1.807, 2.05) is 19.1 Å². The lowest BCUT2D eigenvalue weighted by Gasteiger charge is -2.56. The van der Waals surface area contributed by atoms with Crippen molar-refractivity contribution in [1.29, 1.82) is 0 Å². The average Bonchev–Trinajstić information content (AvgIpc) is 2.45. The van der Waals surface area contributed by atoms with Crippen molar-refractivity contribution in [2.75, 3.05) is 0 Å². The fourth-order valence-corrected chi connectivity index (χ4v) is 5.47. The molecule has 118 valence electrons. The first-order chi connectivity index (χ1) is 10.6. The summed E-state index contributed by atoms with van der Waals surface area (Å²) in [6.07, 6.45) is 11.3. The fourth-order valence-electron chi connectivity index (χ4n) is 5.47. The molecule has 5 rings (SSSR count). The number of amides is 2. The largest absolute Gasteiger partial charge is 0.333 e. The van der Waals surface area contributed by atoms with Gasteiger partial charge in [-0.3, -0.25) is 4.98 Å². The van der Waals surface area contributed by atoms with Crippen molar-refractivity contribution in [1.82, 2.24) is 15.6 Å². The Balaban J connectivity index is 1.40. The number of pyridine rings is 1. The first-order valence-corrected chi connectivity index (χ1v) is 8.60. The van der Waals surface area contributed by atoms with Crippen LogP contribution in [-0.2, 0) is 0 Å². The summed E-state index contributed by atoms with van der Waals surface area (Å²) >= 11 is 0. The van der Waals surface area contributed by atoms with Gasteiger partial charge in [0.15, 0.2) is 0 Å². The van der Waals surface area contributed by atoms with E-state index < -0.39 is 0 Å². The molecule has 0 aliphatic heterocycles. The van der Waals surface area contributed by atoms with Crippen LogP contribution >= 0.6 is 0 Å². The SMILES string of the molecule is C[C@@H](NC(=O)NC12CC3CC(CC(C3)C1)C2)c1ccncc1. The Hall–Kier alpha value is -1.58. The molecule has 4 aliphatic carbocycles. The number of hydrogen-bond acceptors (Lipinski definition) is 2. The number of carbonyl (C=O) groups excluding carboxylic acids is 1. The van der Waals surface area contributed by atoms with E-state index in [0.29, 0.717) is 0 Å². The molecule has 4 heteroatoms. The van der Waals surface area contributed by atoms with Crippen LogP contribution in [0.2, 0.25) is 0 Å². The molecule has 4 saturated carbocycles. The molecule has 2 amide bonds. The molecule has 4 nitrogen and oxygen atoms in total. The number of carbonyl (C=O) groups is 1.